The average Bonchev–Trinajstić information content (AvgIpc) is 3.40. The molecule has 0 unspecified atom stereocenters. The molecular formula is C23H34N8O. The topological polar surface area (TPSA) is 88.1 Å². The van der Waals surface area contributed by atoms with Crippen LogP contribution in [0.25, 0.3) is 0 Å². The van der Waals surface area contributed by atoms with E-state index in [2.05, 4.69) is 47.6 Å². The standard InChI is InChI=1S/C23H34N8O/c1-3-30(18-20-16-25-28(2)17-20)23-27-26-22(14-19-6-4-9-24-15-19)31(23)11-5-10-29-12-7-21(32)8-13-29/h4,6,9,15-17,21,32H,3,5,7-8,10-14,18H2,1-2H3. The maximum Gasteiger partial charge on any atom is 0.227 e. The van der Waals surface area contributed by atoms with Crippen LogP contribution >= 0.6 is 0 Å². The fraction of sp³-hybridized carbons (Fsp3) is 0.565. The van der Waals surface area contributed by atoms with Gasteiger partial charge in [0.2, 0.25) is 5.95 Å². The molecule has 4 heterocycles. The van der Waals surface area contributed by atoms with Gasteiger partial charge in [-0.15, -0.1) is 10.2 Å². The quantitative estimate of drug-likeness (QED) is 0.517. The molecule has 0 amide bonds. The molecule has 3 aromatic heterocycles. The predicted molar refractivity (Wildman–Crippen MR) is 123 cm³/mol. The van der Waals surface area contributed by atoms with Gasteiger partial charge in [-0.25, -0.2) is 0 Å². The van der Waals surface area contributed by atoms with Crippen LogP contribution in [0, 0.1) is 0 Å². The molecule has 0 atom stereocenters. The van der Waals surface area contributed by atoms with Gasteiger partial charge in [0.05, 0.1) is 12.3 Å². The first-order chi connectivity index (χ1) is 15.6. The molecule has 4 rings (SSSR count). The Labute approximate surface area is 189 Å². The van der Waals surface area contributed by atoms with Crippen molar-refractivity contribution in [3.05, 3.63) is 53.9 Å². The van der Waals surface area contributed by atoms with E-state index in [0.29, 0.717) is 6.42 Å². The van der Waals surface area contributed by atoms with Gasteiger partial charge >= 0.3 is 0 Å². The van der Waals surface area contributed by atoms with E-state index in [1.807, 2.05) is 36.4 Å². The number of likely N-dealkylation sites (tertiary alicyclic amines) is 1. The number of aromatic nitrogens is 6. The van der Waals surface area contributed by atoms with Crippen molar-refractivity contribution in [2.75, 3.05) is 31.1 Å². The molecule has 1 N–H and O–H groups in total. The number of piperidine rings is 1. The smallest absolute Gasteiger partial charge is 0.227 e. The van der Waals surface area contributed by atoms with E-state index >= 15 is 0 Å². The van der Waals surface area contributed by atoms with Crippen LogP contribution in [0.4, 0.5) is 5.95 Å². The van der Waals surface area contributed by atoms with Crippen molar-refractivity contribution in [1.82, 2.24) is 34.4 Å². The van der Waals surface area contributed by atoms with Gasteiger partial charge in [-0.05, 0) is 44.4 Å². The van der Waals surface area contributed by atoms with Gasteiger partial charge in [-0.2, -0.15) is 5.10 Å². The molecule has 0 saturated carbocycles. The lowest BCUT2D eigenvalue weighted by atomic mass is 10.1. The SMILES string of the molecule is CCN(Cc1cnn(C)c1)c1nnc(Cc2cccnc2)n1CCCN1CCC(O)CC1. The summed E-state index contributed by atoms with van der Waals surface area (Å²) >= 11 is 0. The van der Waals surface area contributed by atoms with Gasteiger partial charge in [0.1, 0.15) is 5.82 Å². The molecular weight excluding hydrogens is 404 g/mol. The van der Waals surface area contributed by atoms with Gasteiger partial charge < -0.3 is 14.9 Å². The lowest BCUT2D eigenvalue weighted by Gasteiger charge is -2.29. The normalized spacial score (nSPS) is 15.3. The Morgan fingerprint density at radius 1 is 1.12 bits per heavy atom. The average molecular weight is 439 g/mol. The molecule has 1 aliphatic rings. The zero-order valence-corrected chi connectivity index (χ0v) is 19.1. The third-order valence-electron chi connectivity index (χ3n) is 6.10. The van der Waals surface area contributed by atoms with Crippen molar-refractivity contribution in [3.8, 4) is 0 Å². The second kappa shape index (κ2) is 10.7. The minimum Gasteiger partial charge on any atom is -0.393 e. The highest BCUT2D eigenvalue weighted by Gasteiger charge is 2.20. The fourth-order valence-corrected chi connectivity index (χ4v) is 4.30. The summed E-state index contributed by atoms with van der Waals surface area (Å²) in [6, 6.07) is 4.04. The first-order valence-electron chi connectivity index (χ1n) is 11.6. The molecule has 0 spiro atoms. The van der Waals surface area contributed by atoms with Gasteiger partial charge in [0.15, 0.2) is 0 Å². The summed E-state index contributed by atoms with van der Waals surface area (Å²) in [5.41, 5.74) is 2.29. The zero-order chi connectivity index (χ0) is 22.3. The van der Waals surface area contributed by atoms with E-state index < -0.39 is 0 Å². The number of pyridine rings is 1. The zero-order valence-electron chi connectivity index (χ0n) is 19.1. The Hall–Kier alpha value is -2.78. The summed E-state index contributed by atoms with van der Waals surface area (Å²) in [7, 11) is 1.94. The van der Waals surface area contributed by atoms with Crippen LogP contribution in [0.2, 0.25) is 0 Å². The number of aliphatic hydroxyl groups excluding tert-OH is 1. The Kier molecular flexibility index (Phi) is 7.49. The molecule has 32 heavy (non-hydrogen) atoms. The summed E-state index contributed by atoms with van der Waals surface area (Å²) in [5, 5.41) is 23.3. The second-order valence-corrected chi connectivity index (χ2v) is 8.57. The van der Waals surface area contributed by atoms with E-state index in [-0.39, 0.29) is 6.10 Å². The minimum atomic E-state index is -0.132. The number of hydrogen-bond acceptors (Lipinski definition) is 7. The Morgan fingerprint density at radius 2 is 1.97 bits per heavy atom. The summed E-state index contributed by atoms with van der Waals surface area (Å²) in [5.74, 6) is 1.87. The molecule has 0 bridgehead atoms. The van der Waals surface area contributed by atoms with Crippen molar-refractivity contribution >= 4 is 5.95 Å². The maximum absolute atomic E-state index is 9.76. The Bertz CT molecular complexity index is 962. The van der Waals surface area contributed by atoms with Crippen molar-refractivity contribution in [1.29, 1.82) is 0 Å². The van der Waals surface area contributed by atoms with Crippen LogP contribution in [0.15, 0.2) is 36.9 Å². The monoisotopic (exact) mass is 438 g/mol. The van der Waals surface area contributed by atoms with E-state index in [1.165, 1.54) is 0 Å². The van der Waals surface area contributed by atoms with Crippen molar-refractivity contribution in [3.63, 3.8) is 0 Å². The van der Waals surface area contributed by atoms with Crippen molar-refractivity contribution < 1.29 is 5.11 Å². The van der Waals surface area contributed by atoms with E-state index in [9.17, 15) is 5.11 Å². The summed E-state index contributed by atoms with van der Waals surface area (Å²) in [6.07, 6.45) is 11.0. The molecule has 0 radical (unpaired) electrons. The maximum atomic E-state index is 9.76. The minimum absolute atomic E-state index is 0.132. The highest BCUT2D eigenvalue weighted by Crippen LogP contribution is 2.20. The molecule has 0 aliphatic carbocycles. The molecule has 0 aromatic carbocycles. The highest BCUT2D eigenvalue weighted by atomic mass is 16.3. The van der Waals surface area contributed by atoms with Gasteiger partial charge in [0, 0.05) is 70.3 Å². The number of anilines is 1. The van der Waals surface area contributed by atoms with Crippen LogP contribution < -0.4 is 4.90 Å². The molecule has 172 valence electrons. The number of aliphatic hydroxyl groups is 1. The van der Waals surface area contributed by atoms with Crippen LogP contribution in [0.3, 0.4) is 0 Å². The van der Waals surface area contributed by atoms with Crippen LogP contribution in [-0.2, 0) is 26.6 Å². The Balaban J connectivity index is 1.50. The summed E-state index contributed by atoms with van der Waals surface area (Å²) in [6.45, 7) is 7.56. The highest BCUT2D eigenvalue weighted by molar-refractivity contribution is 5.33. The number of aryl methyl sites for hydroxylation is 1. The van der Waals surface area contributed by atoms with Gasteiger partial charge in [-0.1, -0.05) is 6.07 Å². The number of nitrogens with zero attached hydrogens (tertiary/aromatic N) is 8. The summed E-state index contributed by atoms with van der Waals surface area (Å²) in [4.78, 5) is 8.96. The van der Waals surface area contributed by atoms with Crippen LogP contribution in [0.5, 0.6) is 0 Å². The van der Waals surface area contributed by atoms with Crippen LogP contribution in [-0.4, -0.2) is 71.8 Å². The van der Waals surface area contributed by atoms with E-state index in [4.69, 9.17) is 0 Å². The number of hydrogen-bond donors (Lipinski definition) is 1. The second-order valence-electron chi connectivity index (χ2n) is 8.57. The molecule has 1 fully saturated rings. The third-order valence-corrected chi connectivity index (χ3v) is 6.10. The summed E-state index contributed by atoms with van der Waals surface area (Å²) < 4.78 is 4.10. The lowest BCUT2D eigenvalue weighted by molar-refractivity contribution is 0.0815. The first-order valence-corrected chi connectivity index (χ1v) is 11.6. The largest absolute Gasteiger partial charge is 0.393 e. The fourth-order valence-electron chi connectivity index (χ4n) is 4.30. The number of rotatable bonds is 10. The van der Waals surface area contributed by atoms with Crippen LogP contribution in [0.1, 0.15) is 43.1 Å². The van der Waals surface area contributed by atoms with Crippen molar-refractivity contribution in [2.24, 2.45) is 7.05 Å². The molecule has 3 aromatic rings. The lowest BCUT2D eigenvalue weighted by Crippen LogP contribution is -2.36. The van der Waals surface area contributed by atoms with Gasteiger partial charge in [0.25, 0.3) is 0 Å². The third kappa shape index (κ3) is 5.72. The molecule has 1 aliphatic heterocycles. The van der Waals surface area contributed by atoms with Gasteiger partial charge in [-0.3, -0.25) is 14.2 Å². The molecule has 1 saturated heterocycles. The van der Waals surface area contributed by atoms with E-state index in [1.54, 1.807) is 6.20 Å². The Morgan fingerprint density at radius 3 is 2.66 bits per heavy atom. The molecule has 9 heteroatoms. The molecule has 9 nitrogen and oxygen atoms in total. The van der Waals surface area contributed by atoms with Crippen molar-refractivity contribution in [2.45, 2.75) is 51.8 Å². The van der Waals surface area contributed by atoms with E-state index in [0.717, 1.165) is 81.4 Å². The first kappa shape index (κ1) is 22.4. The predicted octanol–water partition coefficient (Wildman–Crippen LogP) is 1.87.